The van der Waals surface area contributed by atoms with Crippen molar-refractivity contribution in [3.8, 4) is 23.0 Å². The van der Waals surface area contributed by atoms with Crippen molar-refractivity contribution in [2.75, 3.05) is 7.11 Å². The van der Waals surface area contributed by atoms with E-state index in [1.165, 1.54) is 30.6 Å². The number of hydrogen-bond donors (Lipinski definition) is 1. The number of nitrogens with zero attached hydrogens (tertiary/aromatic N) is 2. The number of nitro benzene ring substituents is 1. The Labute approximate surface area is 205 Å². The summed E-state index contributed by atoms with van der Waals surface area (Å²) >= 11 is 1.41. The van der Waals surface area contributed by atoms with Crippen molar-refractivity contribution < 1.29 is 23.9 Å². The molecule has 0 spiro atoms. The predicted molar refractivity (Wildman–Crippen MR) is 130 cm³/mol. The SMILES string of the molecule is COc1cc(C(=O)NCc2cccc(Oc3ccccc3)c2)c([N+](=O)[O-])cc1OCc1cscn1. The van der Waals surface area contributed by atoms with Crippen LogP contribution in [0.25, 0.3) is 0 Å². The molecule has 0 unspecified atom stereocenters. The minimum Gasteiger partial charge on any atom is -0.493 e. The minimum atomic E-state index is -0.627. The van der Waals surface area contributed by atoms with E-state index in [2.05, 4.69) is 10.3 Å². The number of methoxy groups -OCH3 is 1. The summed E-state index contributed by atoms with van der Waals surface area (Å²) in [5, 5.41) is 16.2. The van der Waals surface area contributed by atoms with Gasteiger partial charge in [-0.3, -0.25) is 14.9 Å². The van der Waals surface area contributed by atoms with Crippen molar-refractivity contribution in [2.24, 2.45) is 0 Å². The number of rotatable bonds is 10. The Kier molecular flexibility index (Phi) is 7.53. The van der Waals surface area contributed by atoms with Crippen LogP contribution in [0.2, 0.25) is 0 Å². The average Bonchev–Trinajstić information content (AvgIpc) is 3.40. The Bertz CT molecular complexity index is 1310. The number of para-hydroxylation sites is 1. The summed E-state index contributed by atoms with van der Waals surface area (Å²) in [6.07, 6.45) is 0. The molecule has 0 aliphatic carbocycles. The second kappa shape index (κ2) is 11.1. The number of hydrogen-bond acceptors (Lipinski definition) is 8. The van der Waals surface area contributed by atoms with Crippen LogP contribution in [-0.2, 0) is 13.2 Å². The molecule has 0 saturated carbocycles. The van der Waals surface area contributed by atoms with E-state index in [-0.39, 0.29) is 30.2 Å². The number of thiazole rings is 1. The molecule has 0 fully saturated rings. The molecule has 4 rings (SSSR count). The molecule has 0 radical (unpaired) electrons. The fraction of sp³-hybridized carbons (Fsp3) is 0.120. The lowest BCUT2D eigenvalue weighted by atomic mass is 10.1. The Morgan fingerprint density at radius 1 is 1.06 bits per heavy atom. The largest absolute Gasteiger partial charge is 0.493 e. The molecule has 35 heavy (non-hydrogen) atoms. The van der Waals surface area contributed by atoms with Crippen LogP contribution in [0.4, 0.5) is 5.69 Å². The van der Waals surface area contributed by atoms with E-state index in [4.69, 9.17) is 14.2 Å². The molecule has 0 saturated heterocycles. The monoisotopic (exact) mass is 491 g/mol. The lowest BCUT2D eigenvalue weighted by Crippen LogP contribution is -2.24. The van der Waals surface area contributed by atoms with Gasteiger partial charge in [0.2, 0.25) is 0 Å². The first-order valence-electron chi connectivity index (χ1n) is 10.5. The van der Waals surface area contributed by atoms with Gasteiger partial charge in [0.1, 0.15) is 23.7 Å². The highest BCUT2D eigenvalue weighted by atomic mass is 32.1. The van der Waals surface area contributed by atoms with Crippen molar-refractivity contribution >= 4 is 22.9 Å². The third-order valence-electron chi connectivity index (χ3n) is 4.91. The molecular weight excluding hydrogens is 470 g/mol. The number of carbonyl (C=O) groups is 1. The molecule has 1 aromatic heterocycles. The number of nitrogens with one attached hydrogen (secondary N) is 1. The molecule has 10 heteroatoms. The molecule has 0 bridgehead atoms. The molecule has 9 nitrogen and oxygen atoms in total. The van der Waals surface area contributed by atoms with Crippen molar-refractivity contribution in [3.63, 3.8) is 0 Å². The Morgan fingerprint density at radius 2 is 1.86 bits per heavy atom. The standard InChI is InChI=1S/C25H21N3O6S/c1-32-23-11-21(22(28(30)31)12-24(23)33-14-18-15-35-16-27-18)25(29)26-13-17-6-5-9-20(10-17)34-19-7-3-2-4-8-19/h2-12,15-16H,13-14H2,1H3,(H,26,29). The van der Waals surface area contributed by atoms with Crippen LogP contribution in [0.3, 0.4) is 0 Å². The second-order valence-electron chi connectivity index (χ2n) is 7.29. The lowest BCUT2D eigenvalue weighted by Gasteiger charge is -2.13. The molecule has 1 N–H and O–H groups in total. The van der Waals surface area contributed by atoms with Crippen LogP contribution < -0.4 is 19.5 Å². The van der Waals surface area contributed by atoms with Gasteiger partial charge in [0.05, 0.1) is 29.3 Å². The van der Waals surface area contributed by atoms with Gasteiger partial charge >= 0.3 is 0 Å². The van der Waals surface area contributed by atoms with Crippen molar-refractivity contribution in [1.29, 1.82) is 0 Å². The van der Waals surface area contributed by atoms with Crippen LogP contribution in [0.5, 0.6) is 23.0 Å². The maximum Gasteiger partial charge on any atom is 0.286 e. The molecule has 0 aliphatic rings. The van der Waals surface area contributed by atoms with Gasteiger partial charge in [-0.1, -0.05) is 30.3 Å². The van der Waals surface area contributed by atoms with Gasteiger partial charge in [0.15, 0.2) is 11.5 Å². The van der Waals surface area contributed by atoms with Gasteiger partial charge in [-0.15, -0.1) is 11.3 Å². The van der Waals surface area contributed by atoms with Crippen LogP contribution in [0, 0.1) is 10.1 Å². The predicted octanol–water partition coefficient (Wildman–Crippen LogP) is 5.36. The fourth-order valence-electron chi connectivity index (χ4n) is 3.24. The molecule has 0 aliphatic heterocycles. The number of carbonyl (C=O) groups excluding carboxylic acids is 1. The Hall–Kier alpha value is -4.44. The number of nitro groups is 1. The smallest absolute Gasteiger partial charge is 0.286 e. The van der Waals surface area contributed by atoms with Gasteiger partial charge in [-0.05, 0) is 29.8 Å². The van der Waals surface area contributed by atoms with Crippen LogP contribution in [0.1, 0.15) is 21.6 Å². The summed E-state index contributed by atoms with van der Waals surface area (Å²) in [7, 11) is 1.40. The minimum absolute atomic E-state index is 0.115. The topological polar surface area (TPSA) is 113 Å². The summed E-state index contributed by atoms with van der Waals surface area (Å²) in [6.45, 7) is 0.260. The highest BCUT2D eigenvalue weighted by molar-refractivity contribution is 7.07. The van der Waals surface area contributed by atoms with E-state index >= 15 is 0 Å². The van der Waals surface area contributed by atoms with Crippen molar-refractivity contribution in [1.82, 2.24) is 10.3 Å². The van der Waals surface area contributed by atoms with E-state index in [0.717, 1.165) is 5.56 Å². The number of aromatic nitrogens is 1. The number of amides is 1. The maximum atomic E-state index is 12.9. The molecule has 3 aromatic carbocycles. The highest BCUT2D eigenvalue weighted by Gasteiger charge is 2.25. The third-order valence-corrected chi connectivity index (χ3v) is 5.55. The zero-order valence-corrected chi connectivity index (χ0v) is 19.5. The van der Waals surface area contributed by atoms with Gasteiger partial charge in [-0.25, -0.2) is 4.98 Å². The zero-order valence-electron chi connectivity index (χ0n) is 18.7. The molecule has 1 heterocycles. The molecular formula is C25H21N3O6S. The van der Waals surface area contributed by atoms with Crippen molar-refractivity contribution in [3.05, 3.63) is 105 Å². The maximum absolute atomic E-state index is 12.9. The summed E-state index contributed by atoms with van der Waals surface area (Å²) < 4.78 is 16.8. The first-order chi connectivity index (χ1) is 17.0. The fourth-order valence-corrected chi connectivity index (χ4v) is 3.78. The van der Waals surface area contributed by atoms with Crippen LogP contribution >= 0.6 is 11.3 Å². The Morgan fingerprint density at radius 3 is 2.57 bits per heavy atom. The van der Waals surface area contributed by atoms with E-state index < -0.39 is 16.5 Å². The third kappa shape index (κ3) is 6.12. The molecule has 0 atom stereocenters. The van der Waals surface area contributed by atoms with Gasteiger partial charge < -0.3 is 19.5 Å². The van der Waals surface area contributed by atoms with Crippen LogP contribution in [0.15, 0.2) is 77.6 Å². The number of benzene rings is 3. The quantitative estimate of drug-likeness (QED) is 0.235. The average molecular weight is 492 g/mol. The first kappa shape index (κ1) is 23.7. The van der Waals surface area contributed by atoms with E-state index in [1.54, 1.807) is 23.7 Å². The van der Waals surface area contributed by atoms with Crippen molar-refractivity contribution in [2.45, 2.75) is 13.2 Å². The molecule has 178 valence electrons. The van der Waals surface area contributed by atoms with E-state index in [0.29, 0.717) is 17.2 Å². The summed E-state index contributed by atoms with van der Waals surface area (Å²) in [6, 6.07) is 19.0. The summed E-state index contributed by atoms with van der Waals surface area (Å²) in [5.74, 6) is 1.03. The molecule has 1 amide bonds. The lowest BCUT2D eigenvalue weighted by molar-refractivity contribution is -0.385. The first-order valence-corrected chi connectivity index (χ1v) is 11.4. The highest BCUT2D eigenvalue weighted by Crippen LogP contribution is 2.35. The Balaban J connectivity index is 1.48. The summed E-state index contributed by atoms with van der Waals surface area (Å²) in [5.41, 5.74) is 2.59. The van der Waals surface area contributed by atoms with Crippen LogP contribution in [-0.4, -0.2) is 22.9 Å². The van der Waals surface area contributed by atoms with E-state index in [1.807, 2.05) is 41.8 Å². The van der Waals surface area contributed by atoms with Gasteiger partial charge in [0.25, 0.3) is 11.6 Å². The summed E-state index contributed by atoms with van der Waals surface area (Å²) in [4.78, 5) is 28.1. The van der Waals surface area contributed by atoms with Gasteiger partial charge in [0, 0.05) is 18.0 Å². The van der Waals surface area contributed by atoms with Gasteiger partial charge in [-0.2, -0.15) is 0 Å². The number of ether oxygens (including phenoxy) is 3. The second-order valence-corrected chi connectivity index (χ2v) is 8.01. The zero-order chi connectivity index (χ0) is 24.6. The molecule has 4 aromatic rings. The van der Waals surface area contributed by atoms with E-state index in [9.17, 15) is 14.9 Å². The normalized spacial score (nSPS) is 10.4.